The summed E-state index contributed by atoms with van der Waals surface area (Å²) in [5, 5.41) is 2.18. The smallest absolute Gasteiger partial charge is 0.227 e. The summed E-state index contributed by atoms with van der Waals surface area (Å²) in [7, 11) is 0. The van der Waals surface area contributed by atoms with Gasteiger partial charge in [-0.05, 0) is 42.8 Å². The Labute approximate surface area is 115 Å². The van der Waals surface area contributed by atoms with Crippen molar-refractivity contribution in [3.8, 4) is 11.3 Å². The zero-order valence-corrected chi connectivity index (χ0v) is 11.0. The minimum Gasteiger partial charge on any atom is -0.437 e. The van der Waals surface area contributed by atoms with Crippen LogP contribution in [0, 0.1) is 6.92 Å². The van der Waals surface area contributed by atoms with Gasteiger partial charge in [-0.1, -0.05) is 12.1 Å². The van der Waals surface area contributed by atoms with Gasteiger partial charge >= 0.3 is 0 Å². The van der Waals surface area contributed by atoms with Crippen molar-refractivity contribution < 1.29 is 4.42 Å². The summed E-state index contributed by atoms with van der Waals surface area (Å²) in [4.78, 5) is 8.73. The minimum atomic E-state index is 0.675. The molecule has 4 rings (SSSR count). The van der Waals surface area contributed by atoms with Gasteiger partial charge in [-0.15, -0.1) is 0 Å². The van der Waals surface area contributed by atoms with E-state index < -0.39 is 0 Å². The van der Waals surface area contributed by atoms with E-state index >= 15 is 0 Å². The number of hydrogen-bond acceptors (Lipinski definition) is 3. The predicted molar refractivity (Wildman–Crippen MR) is 79.5 cm³/mol. The second-order valence-electron chi connectivity index (χ2n) is 4.81. The molecule has 0 aliphatic carbocycles. The lowest BCUT2D eigenvalue weighted by atomic mass is 10.0. The summed E-state index contributed by atoms with van der Waals surface area (Å²) in [6.45, 7) is 2.09. The van der Waals surface area contributed by atoms with Crippen LogP contribution in [-0.4, -0.2) is 9.97 Å². The maximum absolute atomic E-state index is 5.97. The molecule has 3 heterocycles. The van der Waals surface area contributed by atoms with Crippen LogP contribution >= 0.6 is 0 Å². The van der Waals surface area contributed by atoms with Crippen LogP contribution in [0.15, 0.2) is 59.3 Å². The van der Waals surface area contributed by atoms with Gasteiger partial charge < -0.3 is 4.42 Å². The Morgan fingerprint density at radius 3 is 2.65 bits per heavy atom. The molecule has 0 radical (unpaired) electrons. The topological polar surface area (TPSA) is 38.9 Å². The van der Waals surface area contributed by atoms with E-state index in [2.05, 4.69) is 29.0 Å². The monoisotopic (exact) mass is 260 g/mol. The number of aryl methyl sites for hydroxylation is 1. The summed E-state index contributed by atoms with van der Waals surface area (Å²) in [5.41, 5.74) is 4.64. The number of rotatable bonds is 1. The van der Waals surface area contributed by atoms with Crippen LogP contribution in [-0.2, 0) is 0 Å². The summed E-state index contributed by atoms with van der Waals surface area (Å²) in [6, 6.07) is 14.0. The van der Waals surface area contributed by atoms with Gasteiger partial charge in [0.15, 0.2) is 0 Å². The number of benzene rings is 1. The SMILES string of the molecule is Cc1ccc(-c2ccccn2)c2oc3ncccc3c12. The Kier molecular flexibility index (Phi) is 2.33. The van der Waals surface area contributed by atoms with E-state index in [0.29, 0.717) is 5.71 Å². The first-order valence-electron chi connectivity index (χ1n) is 6.53. The number of nitrogens with zero attached hydrogens (tertiary/aromatic N) is 2. The van der Waals surface area contributed by atoms with E-state index in [1.165, 1.54) is 5.56 Å². The normalized spacial score (nSPS) is 11.2. The predicted octanol–water partition coefficient (Wildman–Crippen LogP) is 4.35. The molecule has 0 unspecified atom stereocenters. The van der Waals surface area contributed by atoms with Crippen LogP contribution in [0.4, 0.5) is 0 Å². The van der Waals surface area contributed by atoms with Gasteiger partial charge in [-0.2, -0.15) is 0 Å². The molecule has 0 saturated carbocycles. The molecule has 3 nitrogen and oxygen atoms in total. The van der Waals surface area contributed by atoms with Crippen molar-refractivity contribution in [2.45, 2.75) is 6.92 Å². The fraction of sp³-hybridized carbons (Fsp3) is 0.0588. The molecule has 1 aromatic carbocycles. The van der Waals surface area contributed by atoms with Gasteiger partial charge in [0.25, 0.3) is 0 Å². The zero-order valence-electron chi connectivity index (χ0n) is 11.0. The number of fused-ring (bicyclic) bond motifs is 3. The lowest BCUT2D eigenvalue weighted by molar-refractivity contribution is 0.655. The second-order valence-corrected chi connectivity index (χ2v) is 4.81. The van der Waals surface area contributed by atoms with Crippen LogP contribution in [0.1, 0.15) is 5.56 Å². The van der Waals surface area contributed by atoms with Gasteiger partial charge in [-0.25, -0.2) is 4.98 Å². The third-order valence-electron chi connectivity index (χ3n) is 3.55. The van der Waals surface area contributed by atoms with Crippen molar-refractivity contribution in [2.24, 2.45) is 0 Å². The molecule has 3 aromatic heterocycles. The fourth-order valence-electron chi connectivity index (χ4n) is 2.60. The summed E-state index contributed by atoms with van der Waals surface area (Å²) < 4.78 is 5.97. The molecule has 0 aliphatic rings. The van der Waals surface area contributed by atoms with E-state index in [0.717, 1.165) is 27.6 Å². The maximum Gasteiger partial charge on any atom is 0.227 e. The Morgan fingerprint density at radius 1 is 0.900 bits per heavy atom. The van der Waals surface area contributed by atoms with Crippen molar-refractivity contribution in [1.29, 1.82) is 0 Å². The lowest BCUT2D eigenvalue weighted by Crippen LogP contribution is -1.84. The molecule has 3 heteroatoms. The summed E-state index contributed by atoms with van der Waals surface area (Å²) >= 11 is 0. The molecule has 0 aliphatic heterocycles. The van der Waals surface area contributed by atoms with Gasteiger partial charge in [0.05, 0.1) is 5.69 Å². The van der Waals surface area contributed by atoms with Crippen molar-refractivity contribution in [3.05, 3.63) is 60.4 Å². The van der Waals surface area contributed by atoms with Crippen LogP contribution in [0.2, 0.25) is 0 Å². The van der Waals surface area contributed by atoms with Crippen LogP contribution < -0.4 is 0 Å². The number of pyridine rings is 2. The summed E-state index contributed by atoms with van der Waals surface area (Å²) in [6.07, 6.45) is 3.54. The highest BCUT2D eigenvalue weighted by Crippen LogP contribution is 2.36. The Balaban J connectivity index is 2.16. The molecular formula is C17H12N2O. The molecule has 0 atom stereocenters. The first-order chi connectivity index (χ1) is 9.84. The first kappa shape index (κ1) is 11.2. The lowest BCUT2D eigenvalue weighted by Gasteiger charge is -2.03. The maximum atomic E-state index is 5.97. The number of furan rings is 1. The van der Waals surface area contributed by atoms with Gasteiger partial charge in [0.2, 0.25) is 5.71 Å². The fourth-order valence-corrected chi connectivity index (χ4v) is 2.60. The molecular weight excluding hydrogens is 248 g/mol. The van der Waals surface area contributed by atoms with E-state index in [1.807, 2.05) is 30.3 Å². The molecule has 0 saturated heterocycles. The average molecular weight is 260 g/mol. The molecule has 0 amide bonds. The Hall–Kier alpha value is -2.68. The first-order valence-corrected chi connectivity index (χ1v) is 6.53. The zero-order chi connectivity index (χ0) is 13.5. The molecule has 0 bridgehead atoms. The molecule has 4 aromatic rings. The molecule has 20 heavy (non-hydrogen) atoms. The molecule has 0 fully saturated rings. The van der Waals surface area contributed by atoms with Crippen LogP contribution in [0.25, 0.3) is 33.3 Å². The van der Waals surface area contributed by atoms with E-state index in [4.69, 9.17) is 4.42 Å². The average Bonchev–Trinajstić information content (AvgIpc) is 2.88. The number of aromatic nitrogens is 2. The minimum absolute atomic E-state index is 0.675. The van der Waals surface area contributed by atoms with Crippen LogP contribution in [0.3, 0.4) is 0 Å². The van der Waals surface area contributed by atoms with Crippen molar-refractivity contribution in [1.82, 2.24) is 9.97 Å². The molecule has 0 N–H and O–H groups in total. The molecule has 96 valence electrons. The highest BCUT2D eigenvalue weighted by molar-refractivity contribution is 6.09. The Morgan fingerprint density at radius 2 is 1.80 bits per heavy atom. The van der Waals surface area contributed by atoms with E-state index in [9.17, 15) is 0 Å². The third-order valence-corrected chi connectivity index (χ3v) is 3.55. The summed E-state index contributed by atoms with van der Waals surface area (Å²) in [5.74, 6) is 0. The quantitative estimate of drug-likeness (QED) is 0.510. The highest BCUT2D eigenvalue weighted by Gasteiger charge is 2.14. The van der Waals surface area contributed by atoms with E-state index in [-0.39, 0.29) is 0 Å². The number of hydrogen-bond donors (Lipinski definition) is 0. The van der Waals surface area contributed by atoms with Gasteiger partial charge in [-0.3, -0.25) is 4.98 Å². The highest BCUT2D eigenvalue weighted by atomic mass is 16.3. The van der Waals surface area contributed by atoms with Gasteiger partial charge in [0.1, 0.15) is 5.58 Å². The standard InChI is InChI=1S/C17H12N2O/c1-11-7-8-12(14-6-2-3-9-18-14)16-15(11)13-5-4-10-19-17(13)20-16/h2-10H,1H3. The van der Waals surface area contributed by atoms with Crippen LogP contribution in [0.5, 0.6) is 0 Å². The third kappa shape index (κ3) is 1.53. The van der Waals surface area contributed by atoms with Crippen molar-refractivity contribution in [2.75, 3.05) is 0 Å². The second kappa shape index (κ2) is 4.17. The van der Waals surface area contributed by atoms with Crippen molar-refractivity contribution in [3.63, 3.8) is 0 Å². The van der Waals surface area contributed by atoms with Gasteiger partial charge in [0, 0.05) is 28.7 Å². The largest absolute Gasteiger partial charge is 0.437 e. The Bertz CT molecular complexity index is 910. The van der Waals surface area contributed by atoms with Crippen molar-refractivity contribution >= 4 is 22.1 Å². The molecule has 0 spiro atoms. The van der Waals surface area contributed by atoms with E-state index in [1.54, 1.807) is 12.4 Å².